The number of nitrogens with one attached hydrogen (secondary N) is 2. The average Bonchev–Trinajstić information content (AvgIpc) is 2.95. The molecular formula is C23H26ClF2N5O8S2. The molecule has 2 aliphatic rings. The fourth-order valence-corrected chi connectivity index (χ4v) is 7.27. The molecule has 2 fully saturated rings. The van der Waals surface area contributed by atoms with Crippen LogP contribution in [0.4, 0.5) is 13.6 Å². The molecule has 3 amide bonds. The SMILES string of the molecule is O=C(NO)[C@H]1CN(S(=O)(=O)NC(=O)N2CCCCC2)CCN1S(=O)(=O)c1cc(F)c(Oc2ccc(Cl)cc2)c(F)c1. The van der Waals surface area contributed by atoms with E-state index in [0.29, 0.717) is 51.7 Å². The molecule has 1 atom stereocenters. The molecule has 2 aromatic rings. The standard InChI is InChI=1S/C23H26ClF2N5O8S2/c24-15-4-6-16(7-5-15)39-21-18(25)12-17(13-19(21)26)40(35,36)31-11-10-30(14-20(31)22(32)27-34)41(37,38)28-23(33)29-8-2-1-3-9-29/h4-7,12-13,20,34H,1-3,8-11,14H2,(H,27,32)(H,28,33)/t20-/m1/s1. The fourth-order valence-electron chi connectivity index (χ4n) is 4.41. The van der Waals surface area contributed by atoms with Crippen molar-refractivity contribution in [2.45, 2.75) is 30.2 Å². The van der Waals surface area contributed by atoms with Crippen LogP contribution in [0.1, 0.15) is 19.3 Å². The summed E-state index contributed by atoms with van der Waals surface area (Å²) in [5, 5.41) is 9.56. The number of carbonyl (C=O) groups is 2. The molecule has 2 saturated heterocycles. The predicted molar refractivity (Wildman–Crippen MR) is 140 cm³/mol. The first-order valence-corrected chi connectivity index (χ1v) is 15.5. The summed E-state index contributed by atoms with van der Waals surface area (Å²) in [5.74, 6) is -4.92. The third-order valence-electron chi connectivity index (χ3n) is 6.52. The van der Waals surface area contributed by atoms with E-state index in [-0.39, 0.29) is 5.75 Å². The molecule has 224 valence electrons. The van der Waals surface area contributed by atoms with Crippen LogP contribution in [0.15, 0.2) is 41.3 Å². The third-order valence-corrected chi connectivity index (χ3v) is 10.1. The molecule has 2 aliphatic heterocycles. The van der Waals surface area contributed by atoms with Crippen LogP contribution in [-0.2, 0) is 25.0 Å². The maximum absolute atomic E-state index is 14.9. The lowest BCUT2D eigenvalue weighted by Gasteiger charge is -2.38. The molecule has 0 aromatic heterocycles. The van der Waals surface area contributed by atoms with Gasteiger partial charge in [0.1, 0.15) is 11.8 Å². The summed E-state index contributed by atoms with van der Waals surface area (Å²) in [4.78, 5) is 25.3. The Kier molecular flexibility index (Phi) is 9.35. The normalized spacial score (nSPS) is 19.0. The molecule has 2 heterocycles. The van der Waals surface area contributed by atoms with Crippen molar-refractivity contribution in [1.29, 1.82) is 0 Å². The Morgan fingerprint density at radius 1 is 0.951 bits per heavy atom. The molecule has 2 aromatic carbocycles. The number of urea groups is 1. The van der Waals surface area contributed by atoms with Gasteiger partial charge in [-0.3, -0.25) is 10.0 Å². The Morgan fingerprint density at radius 3 is 2.15 bits per heavy atom. The molecule has 18 heteroatoms. The molecule has 4 rings (SSSR count). The highest BCUT2D eigenvalue weighted by atomic mass is 35.5. The fraction of sp³-hybridized carbons (Fsp3) is 0.391. The lowest BCUT2D eigenvalue weighted by Crippen LogP contribution is -2.63. The zero-order chi connectivity index (χ0) is 29.9. The van der Waals surface area contributed by atoms with E-state index in [1.165, 1.54) is 34.6 Å². The molecule has 0 saturated carbocycles. The molecule has 13 nitrogen and oxygen atoms in total. The number of hydrogen-bond donors (Lipinski definition) is 3. The zero-order valence-electron chi connectivity index (χ0n) is 21.3. The van der Waals surface area contributed by atoms with Crippen molar-refractivity contribution in [1.82, 2.24) is 23.7 Å². The Hall–Kier alpha value is -3.09. The Balaban J connectivity index is 1.56. The maximum Gasteiger partial charge on any atom is 0.332 e. The highest BCUT2D eigenvalue weighted by Crippen LogP contribution is 2.32. The number of piperazine rings is 1. The average molecular weight is 638 g/mol. The lowest BCUT2D eigenvalue weighted by molar-refractivity contribution is -0.134. The Bertz CT molecular complexity index is 1500. The van der Waals surface area contributed by atoms with Crippen LogP contribution in [0.5, 0.6) is 11.5 Å². The van der Waals surface area contributed by atoms with Gasteiger partial charge in [-0.1, -0.05) is 11.6 Å². The van der Waals surface area contributed by atoms with Crippen molar-refractivity contribution in [3.05, 3.63) is 53.1 Å². The van der Waals surface area contributed by atoms with E-state index in [2.05, 4.69) is 0 Å². The lowest BCUT2D eigenvalue weighted by atomic mass is 10.1. The van der Waals surface area contributed by atoms with Crippen molar-refractivity contribution in [2.24, 2.45) is 0 Å². The van der Waals surface area contributed by atoms with Gasteiger partial charge in [0.25, 0.3) is 5.91 Å². The quantitative estimate of drug-likeness (QED) is 0.306. The van der Waals surface area contributed by atoms with Crippen LogP contribution >= 0.6 is 11.6 Å². The van der Waals surface area contributed by atoms with Gasteiger partial charge in [-0.25, -0.2) is 32.2 Å². The largest absolute Gasteiger partial charge is 0.451 e. The van der Waals surface area contributed by atoms with E-state index in [9.17, 15) is 40.4 Å². The van der Waals surface area contributed by atoms with Gasteiger partial charge in [0.2, 0.25) is 10.0 Å². The second-order valence-electron chi connectivity index (χ2n) is 9.20. The number of carbonyl (C=O) groups excluding carboxylic acids is 2. The van der Waals surface area contributed by atoms with Gasteiger partial charge in [0, 0.05) is 37.7 Å². The molecule has 3 N–H and O–H groups in total. The first-order chi connectivity index (χ1) is 19.3. The third kappa shape index (κ3) is 6.87. The Morgan fingerprint density at radius 2 is 1.56 bits per heavy atom. The highest BCUT2D eigenvalue weighted by molar-refractivity contribution is 7.89. The van der Waals surface area contributed by atoms with Crippen molar-refractivity contribution in [2.75, 3.05) is 32.7 Å². The van der Waals surface area contributed by atoms with Gasteiger partial charge < -0.3 is 9.64 Å². The second kappa shape index (κ2) is 12.4. The number of likely N-dealkylation sites (tertiary alicyclic amines) is 1. The number of amides is 3. The minimum atomic E-state index is -4.82. The molecule has 0 aliphatic carbocycles. The summed E-state index contributed by atoms with van der Waals surface area (Å²) in [6.45, 7) is -1.25. The van der Waals surface area contributed by atoms with Gasteiger partial charge >= 0.3 is 16.2 Å². The number of nitrogens with zero attached hydrogens (tertiary/aromatic N) is 3. The maximum atomic E-state index is 14.9. The zero-order valence-corrected chi connectivity index (χ0v) is 23.7. The first-order valence-electron chi connectivity index (χ1n) is 12.3. The predicted octanol–water partition coefficient (Wildman–Crippen LogP) is 2.03. The molecule has 41 heavy (non-hydrogen) atoms. The molecule has 0 unspecified atom stereocenters. The number of benzene rings is 2. The Labute approximate surface area is 239 Å². The number of rotatable bonds is 7. The second-order valence-corrected chi connectivity index (χ2v) is 13.2. The summed E-state index contributed by atoms with van der Waals surface area (Å²) in [6, 6.07) is 3.76. The smallest absolute Gasteiger partial charge is 0.332 e. The van der Waals surface area contributed by atoms with E-state index in [0.717, 1.165) is 6.42 Å². The van der Waals surface area contributed by atoms with E-state index in [1.54, 1.807) is 0 Å². The molecule has 0 spiro atoms. The monoisotopic (exact) mass is 637 g/mol. The van der Waals surface area contributed by atoms with E-state index in [4.69, 9.17) is 16.3 Å². The summed E-state index contributed by atoms with van der Waals surface area (Å²) in [7, 11) is -9.35. The van der Waals surface area contributed by atoms with E-state index >= 15 is 0 Å². The van der Waals surface area contributed by atoms with Gasteiger partial charge in [-0.05, 0) is 55.7 Å². The number of sulfonamides is 1. The highest BCUT2D eigenvalue weighted by Gasteiger charge is 2.44. The van der Waals surface area contributed by atoms with Crippen LogP contribution in [0.3, 0.4) is 0 Å². The van der Waals surface area contributed by atoms with E-state index in [1.807, 2.05) is 4.72 Å². The summed E-state index contributed by atoms with van der Waals surface area (Å²) < 4.78 is 90.6. The van der Waals surface area contributed by atoms with Crippen molar-refractivity contribution in [3.8, 4) is 11.5 Å². The minimum Gasteiger partial charge on any atom is -0.451 e. The number of halogens is 3. The number of hydroxylamine groups is 1. The van der Waals surface area contributed by atoms with Gasteiger partial charge in [-0.15, -0.1) is 0 Å². The van der Waals surface area contributed by atoms with Crippen molar-refractivity contribution < 1.29 is 45.1 Å². The summed E-state index contributed by atoms with van der Waals surface area (Å²) >= 11 is 5.78. The van der Waals surface area contributed by atoms with E-state index < -0.39 is 80.1 Å². The molecule has 0 bridgehead atoms. The number of hydrogen-bond acceptors (Lipinski definition) is 8. The first kappa shape index (κ1) is 30.9. The van der Waals surface area contributed by atoms with Gasteiger partial charge in [-0.2, -0.15) is 17.0 Å². The summed E-state index contributed by atoms with van der Waals surface area (Å²) in [6.07, 6.45) is 2.31. The van der Waals surface area contributed by atoms with Crippen LogP contribution in [-0.4, -0.2) is 86.3 Å². The number of ether oxygens (including phenoxy) is 1. The van der Waals surface area contributed by atoms with Crippen LogP contribution in [0.25, 0.3) is 0 Å². The topological polar surface area (TPSA) is 166 Å². The van der Waals surface area contributed by atoms with Crippen molar-refractivity contribution >= 4 is 43.8 Å². The van der Waals surface area contributed by atoms with Crippen LogP contribution in [0, 0.1) is 11.6 Å². The summed E-state index contributed by atoms with van der Waals surface area (Å²) in [5.41, 5.74) is 1.28. The molecule has 0 radical (unpaired) electrons. The van der Waals surface area contributed by atoms with Gasteiger partial charge in [0.15, 0.2) is 17.4 Å². The number of piperidine rings is 1. The van der Waals surface area contributed by atoms with Crippen molar-refractivity contribution in [3.63, 3.8) is 0 Å². The van der Waals surface area contributed by atoms with Crippen LogP contribution < -0.4 is 14.9 Å². The van der Waals surface area contributed by atoms with Gasteiger partial charge in [0.05, 0.1) is 4.90 Å². The minimum absolute atomic E-state index is 0.0206. The van der Waals surface area contributed by atoms with Crippen LogP contribution in [0.2, 0.25) is 5.02 Å². The molecular weight excluding hydrogens is 612 g/mol.